The Morgan fingerprint density at radius 1 is 1.13 bits per heavy atom. The van der Waals surface area contributed by atoms with E-state index in [-0.39, 0.29) is 5.91 Å². The van der Waals surface area contributed by atoms with Gasteiger partial charge in [-0.25, -0.2) is 0 Å². The molecule has 1 saturated heterocycles. The van der Waals surface area contributed by atoms with Crippen LogP contribution in [-0.4, -0.2) is 64.0 Å². The van der Waals surface area contributed by atoms with Gasteiger partial charge in [-0.05, 0) is 0 Å². The van der Waals surface area contributed by atoms with Crippen molar-refractivity contribution in [3.8, 4) is 0 Å². The fourth-order valence-electron chi connectivity index (χ4n) is 1.53. The maximum Gasteiger partial charge on any atom is 0.229 e. The summed E-state index contributed by atoms with van der Waals surface area (Å²) in [6.45, 7) is 6.34. The minimum atomic E-state index is 0.140. The van der Waals surface area contributed by atoms with Crippen LogP contribution in [0.15, 0.2) is 0 Å². The molecule has 4 nitrogen and oxygen atoms in total. The smallest absolute Gasteiger partial charge is 0.229 e. The second kappa shape index (κ2) is 8.02. The van der Waals surface area contributed by atoms with Gasteiger partial charge in [-0.2, -0.15) is 0 Å². The van der Waals surface area contributed by atoms with E-state index < -0.39 is 0 Å². The lowest BCUT2D eigenvalue weighted by Crippen LogP contribution is -2.47. The first kappa shape index (κ1) is 13.9. The number of hydrogen-bond donors (Lipinski definition) is 1. The summed E-state index contributed by atoms with van der Waals surface area (Å²) in [5.41, 5.74) is 0. The van der Waals surface area contributed by atoms with Gasteiger partial charge >= 0.3 is 0 Å². The first-order valence-electron chi connectivity index (χ1n) is 5.09. The van der Waals surface area contributed by atoms with Crippen LogP contribution >= 0.6 is 45.2 Å². The molecule has 1 amide bonds. The van der Waals surface area contributed by atoms with Crippen LogP contribution in [0.25, 0.3) is 0 Å². The fraction of sp³-hybridized carbons (Fsp3) is 0.889. The number of halogens is 2. The van der Waals surface area contributed by atoms with Gasteiger partial charge in [0.05, 0.1) is 8.98 Å². The van der Waals surface area contributed by atoms with Crippen molar-refractivity contribution < 1.29 is 4.79 Å². The summed E-state index contributed by atoms with van der Waals surface area (Å²) in [7, 11) is 0. The van der Waals surface area contributed by atoms with E-state index in [9.17, 15) is 4.79 Å². The topological polar surface area (TPSA) is 35.6 Å². The van der Waals surface area contributed by atoms with E-state index in [1.54, 1.807) is 0 Å². The van der Waals surface area contributed by atoms with Crippen LogP contribution in [-0.2, 0) is 4.79 Å². The lowest BCUT2D eigenvalue weighted by Gasteiger charge is -2.33. The summed E-state index contributed by atoms with van der Waals surface area (Å²) in [6, 6.07) is 0. The fourth-order valence-corrected chi connectivity index (χ4v) is 2.49. The van der Waals surface area contributed by atoms with Crippen molar-refractivity contribution >= 4 is 51.1 Å². The Morgan fingerprint density at radius 2 is 1.73 bits per heavy atom. The number of nitrogens with one attached hydrogen (secondary N) is 1. The van der Waals surface area contributed by atoms with Gasteiger partial charge in [-0.15, -0.1) is 0 Å². The molecule has 0 bridgehead atoms. The van der Waals surface area contributed by atoms with Gasteiger partial charge in [-0.1, -0.05) is 45.2 Å². The van der Waals surface area contributed by atoms with Crippen molar-refractivity contribution in [3.05, 3.63) is 0 Å². The number of hydrogen-bond acceptors (Lipinski definition) is 3. The van der Waals surface area contributed by atoms with Gasteiger partial charge in [0.2, 0.25) is 5.91 Å². The molecule has 1 fully saturated rings. The summed E-state index contributed by atoms with van der Waals surface area (Å²) in [6.07, 6.45) is 0. The van der Waals surface area contributed by atoms with Crippen LogP contribution in [0, 0.1) is 0 Å². The van der Waals surface area contributed by atoms with Crippen LogP contribution in [0.3, 0.4) is 0 Å². The zero-order chi connectivity index (χ0) is 11.1. The molecule has 15 heavy (non-hydrogen) atoms. The second-order valence-corrected chi connectivity index (χ2v) is 5.01. The Hall–Kier alpha value is 0.850. The third-order valence-electron chi connectivity index (χ3n) is 2.51. The SMILES string of the molecule is O=C(CI)NCCN1CCN(CI)CC1. The van der Waals surface area contributed by atoms with Crippen molar-refractivity contribution in [2.24, 2.45) is 0 Å². The van der Waals surface area contributed by atoms with E-state index in [2.05, 4.69) is 60.3 Å². The molecular formula is C9H17I2N3O. The minimum absolute atomic E-state index is 0.140. The van der Waals surface area contributed by atoms with Crippen molar-refractivity contribution in [1.29, 1.82) is 0 Å². The highest BCUT2D eigenvalue weighted by molar-refractivity contribution is 14.1. The molecule has 0 aromatic rings. The van der Waals surface area contributed by atoms with Crippen molar-refractivity contribution in [1.82, 2.24) is 15.1 Å². The zero-order valence-electron chi connectivity index (χ0n) is 8.72. The van der Waals surface area contributed by atoms with E-state index in [1.165, 1.54) is 0 Å². The quantitative estimate of drug-likeness (QED) is 0.388. The molecule has 1 aliphatic rings. The van der Waals surface area contributed by atoms with Crippen LogP contribution in [0.5, 0.6) is 0 Å². The van der Waals surface area contributed by atoms with Gasteiger partial charge in [0.15, 0.2) is 0 Å². The third-order valence-corrected chi connectivity index (χ3v) is 4.16. The Labute approximate surface area is 118 Å². The molecule has 88 valence electrons. The largest absolute Gasteiger partial charge is 0.354 e. The highest BCUT2D eigenvalue weighted by atomic mass is 127. The summed E-state index contributed by atoms with van der Waals surface area (Å²) in [5.74, 6) is 0.140. The molecule has 1 heterocycles. The maximum absolute atomic E-state index is 11.0. The predicted molar refractivity (Wildman–Crippen MR) is 78.8 cm³/mol. The Balaban J connectivity index is 2.06. The molecule has 0 radical (unpaired) electrons. The first-order chi connectivity index (χ1) is 7.26. The molecule has 0 spiro atoms. The van der Waals surface area contributed by atoms with E-state index in [4.69, 9.17) is 0 Å². The van der Waals surface area contributed by atoms with Crippen LogP contribution in [0.2, 0.25) is 0 Å². The summed E-state index contributed by atoms with van der Waals surface area (Å²) < 4.78 is 1.68. The summed E-state index contributed by atoms with van der Waals surface area (Å²) in [4.78, 5) is 15.9. The maximum atomic E-state index is 11.0. The third kappa shape index (κ3) is 5.64. The molecule has 1 N–H and O–H groups in total. The van der Waals surface area contributed by atoms with E-state index in [0.29, 0.717) is 4.43 Å². The van der Waals surface area contributed by atoms with Gasteiger partial charge < -0.3 is 5.32 Å². The predicted octanol–water partition coefficient (Wildman–Crippen LogP) is 0.548. The average molecular weight is 437 g/mol. The molecular weight excluding hydrogens is 420 g/mol. The molecule has 0 aromatic carbocycles. The highest BCUT2D eigenvalue weighted by Gasteiger charge is 2.14. The van der Waals surface area contributed by atoms with Gasteiger partial charge in [0.25, 0.3) is 0 Å². The second-order valence-electron chi connectivity index (χ2n) is 3.56. The molecule has 0 aliphatic carbocycles. The number of nitrogens with zero attached hydrogens (tertiary/aromatic N) is 2. The van der Waals surface area contributed by atoms with Crippen LogP contribution < -0.4 is 5.32 Å². The first-order valence-corrected chi connectivity index (χ1v) is 8.14. The van der Waals surface area contributed by atoms with Gasteiger partial charge in [0, 0.05) is 39.3 Å². The Kier molecular flexibility index (Phi) is 7.44. The Morgan fingerprint density at radius 3 is 2.27 bits per heavy atom. The van der Waals surface area contributed by atoms with Crippen molar-refractivity contribution in [2.45, 2.75) is 0 Å². The molecule has 0 saturated carbocycles. The van der Waals surface area contributed by atoms with E-state index in [1.807, 2.05) is 0 Å². The highest BCUT2D eigenvalue weighted by Crippen LogP contribution is 2.02. The lowest BCUT2D eigenvalue weighted by molar-refractivity contribution is -0.118. The van der Waals surface area contributed by atoms with Crippen LogP contribution in [0.4, 0.5) is 0 Å². The molecule has 0 aromatic heterocycles. The normalized spacial score (nSPS) is 19.1. The van der Waals surface area contributed by atoms with E-state index >= 15 is 0 Å². The number of amides is 1. The summed E-state index contributed by atoms with van der Waals surface area (Å²) in [5, 5.41) is 2.90. The number of carbonyl (C=O) groups is 1. The molecule has 1 rings (SSSR count). The zero-order valence-corrected chi connectivity index (χ0v) is 13.0. The van der Waals surface area contributed by atoms with Crippen molar-refractivity contribution in [2.75, 3.05) is 48.2 Å². The standard InChI is InChI=1S/C9H17I2N3O/c10-7-9(15)12-1-2-13-3-5-14(8-11)6-4-13/h1-8H2,(H,12,15). The molecule has 0 atom stereocenters. The molecule has 1 aliphatic heterocycles. The van der Waals surface area contributed by atoms with Crippen molar-refractivity contribution in [3.63, 3.8) is 0 Å². The van der Waals surface area contributed by atoms with Crippen LogP contribution in [0.1, 0.15) is 0 Å². The Bertz CT molecular complexity index is 196. The minimum Gasteiger partial charge on any atom is -0.354 e. The number of piperazine rings is 1. The molecule has 0 unspecified atom stereocenters. The number of alkyl halides is 2. The van der Waals surface area contributed by atoms with Gasteiger partial charge in [-0.3, -0.25) is 14.6 Å². The number of carbonyl (C=O) groups excluding carboxylic acids is 1. The monoisotopic (exact) mass is 437 g/mol. The molecule has 6 heteroatoms. The average Bonchev–Trinajstić information content (AvgIpc) is 2.29. The number of rotatable bonds is 5. The van der Waals surface area contributed by atoms with E-state index in [0.717, 1.165) is 43.8 Å². The van der Waals surface area contributed by atoms with Gasteiger partial charge in [0.1, 0.15) is 0 Å². The lowest BCUT2D eigenvalue weighted by atomic mass is 10.3. The summed E-state index contributed by atoms with van der Waals surface area (Å²) >= 11 is 4.49.